The zero-order valence-corrected chi connectivity index (χ0v) is 16.9. The second kappa shape index (κ2) is 7.38. The Bertz CT molecular complexity index is 1650. The van der Waals surface area contributed by atoms with Crippen LogP contribution in [-0.4, -0.2) is 0 Å². The minimum atomic E-state index is -0.483. The molecule has 0 fully saturated rings. The minimum absolute atomic E-state index is 0.0235. The normalized spacial score (nSPS) is 15.0. The van der Waals surface area contributed by atoms with E-state index in [1.54, 1.807) is 18.2 Å². The lowest BCUT2D eigenvalue weighted by Gasteiger charge is -2.07. The fraction of sp³-hybridized carbons (Fsp3) is 0. The van der Waals surface area contributed by atoms with Gasteiger partial charge in [-0.1, -0.05) is 94.6 Å². The van der Waals surface area contributed by atoms with Crippen LogP contribution >= 0.6 is 27.3 Å². The fourth-order valence-corrected chi connectivity index (χ4v) is 4.61. The van der Waals surface area contributed by atoms with Crippen LogP contribution in [0.2, 0.25) is 0 Å². The highest BCUT2D eigenvalue weighted by atomic mass is 79.9. The second-order valence-electron chi connectivity index (χ2n) is 6.14. The first-order valence-corrected chi connectivity index (χ1v) is 10.2. The van der Waals surface area contributed by atoms with Crippen LogP contribution in [0.1, 0.15) is 11.0 Å². The number of rotatable bonds is 3. The van der Waals surface area contributed by atoms with E-state index in [1.165, 1.54) is 0 Å². The third kappa shape index (κ3) is 3.19. The maximum Gasteiger partial charge on any atom is 0.0638 e. The highest BCUT2D eigenvalue weighted by Gasteiger charge is 2.16. The molecule has 0 spiro atoms. The Balaban J connectivity index is 1.99. The van der Waals surface area contributed by atoms with E-state index < -0.39 is 18.1 Å². The first-order valence-electron chi connectivity index (χ1n) is 12.6. The summed E-state index contributed by atoms with van der Waals surface area (Å²) in [6.45, 7) is 0. The molecule has 5 rings (SSSR count). The molecule has 2 heteroatoms. The zero-order valence-electron chi connectivity index (χ0n) is 22.5. The molecule has 0 atom stereocenters. The van der Waals surface area contributed by atoms with Crippen molar-refractivity contribution in [3.63, 3.8) is 0 Å². The lowest BCUT2D eigenvalue weighted by molar-refractivity contribution is 1.61. The van der Waals surface area contributed by atoms with Crippen molar-refractivity contribution in [2.45, 2.75) is 0 Å². The lowest BCUT2D eigenvalue weighted by Crippen LogP contribution is -1.82. The van der Waals surface area contributed by atoms with Crippen LogP contribution in [-0.2, 0) is 0 Å². The van der Waals surface area contributed by atoms with Crippen LogP contribution in [0.15, 0.2) is 107 Å². The zero-order chi connectivity index (χ0) is 25.9. The quantitative estimate of drug-likeness (QED) is 0.259. The lowest BCUT2D eigenvalue weighted by atomic mass is 9.96. The molecule has 0 aliphatic carbocycles. The molecule has 0 saturated heterocycles. The predicted octanol–water partition coefficient (Wildman–Crippen LogP) is 8.66. The van der Waals surface area contributed by atoms with Crippen LogP contribution in [0.5, 0.6) is 0 Å². The summed E-state index contributed by atoms with van der Waals surface area (Å²) in [6.07, 6.45) is 0. The maximum atomic E-state index is 9.17. The molecule has 28 heavy (non-hydrogen) atoms. The van der Waals surface area contributed by atoms with E-state index in [0.717, 1.165) is 15.8 Å². The predicted molar refractivity (Wildman–Crippen MR) is 126 cm³/mol. The molecule has 4 aromatic carbocycles. The van der Waals surface area contributed by atoms with Crippen molar-refractivity contribution in [1.82, 2.24) is 0 Å². The summed E-state index contributed by atoms with van der Waals surface area (Å²) in [6, 6.07) is 14.2. The van der Waals surface area contributed by atoms with Crippen molar-refractivity contribution < 1.29 is 11.0 Å². The monoisotopic (exact) mass is 448 g/mol. The van der Waals surface area contributed by atoms with Gasteiger partial charge in [0.15, 0.2) is 0 Å². The summed E-state index contributed by atoms with van der Waals surface area (Å²) in [7, 11) is 0. The van der Waals surface area contributed by atoms with Gasteiger partial charge in [-0.05, 0) is 46.5 Å². The van der Waals surface area contributed by atoms with Crippen LogP contribution in [0.25, 0.3) is 42.8 Å². The average Bonchev–Trinajstić information content (AvgIpc) is 3.26. The van der Waals surface area contributed by atoms with E-state index in [1.807, 2.05) is 36.4 Å². The molecule has 0 unspecified atom stereocenters. The number of benzene rings is 4. The number of halogens is 1. The van der Waals surface area contributed by atoms with Gasteiger partial charge in [0.2, 0.25) is 0 Å². The highest BCUT2D eigenvalue weighted by Crippen LogP contribution is 2.45. The van der Waals surface area contributed by atoms with Gasteiger partial charge in [0.1, 0.15) is 0 Å². The number of hydrogen-bond donors (Lipinski definition) is 0. The van der Waals surface area contributed by atoms with Crippen molar-refractivity contribution in [3.05, 3.63) is 107 Å². The van der Waals surface area contributed by atoms with Crippen LogP contribution in [0.4, 0.5) is 0 Å². The van der Waals surface area contributed by atoms with Gasteiger partial charge < -0.3 is 0 Å². The second-order valence-corrected chi connectivity index (χ2v) is 8.07. The van der Waals surface area contributed by atoms with E-state index >= 15 is 0 Å². The van der Waals surface area contributed by atoms with Crippen molar-refractivity contribution >= 4 is 37.4 Å². The van der Waals surface area contributed by atoms with Gasteiger partial charge in [-0.15, -0.1) is 11.3 Å². The molecule has 134 valence electrons. The summed E-state index contributed by atoms with van der Waals surface area (Å²) >= 11 is 4.52. The molecular formula is C26H17BrS. The Morgan fingerprint density at radius 3 is 2.29 bits per heavy atom. The molecule has 0 aliphatic heterocycles. The molecule has 1 aromatic heterocycles. The number of fused-ring (bicyclic) bond motifs is 1. The summed E-state index contributed by atoms with van der Waals surface area (Å²) in [4.78, 5) is 0.376. The third-order valence-corrected chi connectivity index (χ3v) is 5.98. The highest BCUT2D eigenvalue weighted by molar-refractivity contribution is 9.10. The molecule has 0 radical (unpaired) electrons. The largest absolute Gasteiger partial charge is 0.135 e. The minimum Gasteiger partial charge on any atom is -0.135 e. The van der Waals surface area contributed by atoms with E-state index in [2.05, 4.69) is 15.9 Å². The van der Waals surface area contributed by atoms with Crippen molar-refractivity contribution in [3.8, 4) is 32.7 Å². The van der Waals surface area contributed by atoms with Gasteiger partial charge in [-0.3, -0.25) is 0 Å². The smallest absolute Gasteiger partial charge is 0.0638 e. The SMILES string of the molecule is [2H]c1c([2H])c([2H])c(-c2sc3c([2H])c([2H])c(-c4cccc(Br)c4)c([2H])c3c2-c2ccccc2)c([2H])c1[2H]. The first-order chi connectivity index (χ1) is 17.1. The molecule has 0 saturated carbocycles. The van der Waals surface area contributed by atoms with Crippen molar-refractivity contribution in [2.75, 3.05) is 0 Å². The Kier molecular flexibility index (Phi) is 2.84. The number of hydrogen-bond acceptors (Lipinski definition) is 1. The molecule has 0 aliphatic rings. The van der Waals surface area contributed by atoms with Gasteiger partial charge in [-0.2, -0.15) is 0 Å². The summed E-state index contributed by atoms with van der Waals surface area (Å²) in [5.41, 5.74) is 2.15. The van der Waals surface area contributed by atoms with Gasteiger partial charge >= 0.3 is 0 Å². The van der Waals surface area contributed by atoms with Crippen molar-refractivity contribution in [2.24, 2.45) is 0 Å². The molecule has 0 bridgehead atoms. The molecule has 0 nitrogen and oxygen atoms in total. The van der Waals surface area contributed by atoms with Gasteiger partial charge in [0, 0.05) is 25.0 Å². The van der Waals surface area contributed by atoms with Crippen LogP contribution in [0, 0.1) is 0 Å². The van der Waals surface area contributed by atoms with Gasteiger partial charge in [-0.25, -0.2) is 0 Å². The van der Waals surface area contributed by atoms with Crippen molar-refractivity contribution in [1.29, 1.82) is 0 Å². The summed E-state index contributed by atoms with van der Waals surface area (Å²) in [5, 5.41) is 0.420. The molecule has 1 heterocycles. The Labute approximate surface area is 188 Å². The average molecular weight is 449 g/mol. The number of thiophene rings is 1. The van der Waals surface area contributed by atoms with Gasteiger partial charge in [0.05, 0.1) is 11.0 Å². The Morgan fingerprint density at radius 2 is 1.50 bits per heavy atom. The first kappa shape index (κ1) is 10.8. The molecule has 5 aromatic rings. The van der Waals surface area contributed by atoms with Gasteiger partial charge in [0.25, 0.3) is 0 Å². The van der Waals surface area contributed by atoms with Crippen LogP contribution < -0.4 is 0 Å². The maximum absolute atomic E-state index is 9.17. The summed E-state index contributed by atoms with van der Waals surface area (Å²) < 4.78 is 69.3. The van der Waals surface area contributed by atoms with Crippen LogP contribution in [0.3, 0.4) is 0 Å². The van der Waals surface area contributed by atoms with E-state index in [9.17, 15) is 0 Å². The van der Waals surface area contributed by atoms with E-state index in [-0.39, 0.29) is 35.8 Å². The Hall–Kier alpha value is -2.68. The van der Waals surface area contributed by atoms with E-state index in [4.69, 9.17) is 11.0 Å². The topological polar surface area (TPSA) is 0 Å². The molecule has 0 N–H and O–H groups in total. The fourth-order valence-electron chi connectivity index (χ4n) is 3.12. The third-order valence-electron chi connectivity index (χ3n) is 4.36. The Morgan fingerprint density at radius 1 is 0.714 bits per heavy atom. The standard InChI is InChI=1S/C26H17BrS/c27-22-13-7-12-20(16-22)21-14-15-24-23(17-21)25(18-8-3-1-4-9-18)26(28-24)19-10-5-2-6-11-19/h1-17H/i2D,5D,6D,10D,11D,14D,15D,17D. The van der Waals surface area contributed by atoms with E-state index in [0.29, 0.717) is 37.2 Å². The molecular weight excluding hydrogens is 424 g/mol. The molecule has 0 amide bonds. The summed E-state index contributed by atoms with van der Waals surface area (Å²) in [5.74, 6) is 0.